The van der Waals surface area contributed by atoms with Crippen LogP contribution in [-0.2, 0) is 0 Å². The minimum absolute atomic E-state index is 0.0410. The van der Waals surface area contributed by atoms with Crippen molar-refractivity contribution in [3.63, 3.8) is 0 Å². The maximum Gasteiger partial charge on any atom is 0.226 e. The second-order valence-corrected chi connectivity index (χ2v) is 4.91. The van der Waals surface area contributed by atoms with E-state index in [0.717, 1.165) is 12.1 Å². The standard InChI is InChI=1S/C14H7Cl2F2N3/c15-8-4-1-2-7-11(8)21-14(16)19-13(20-21)12-9(17)5-3-6-10(12)18/h1-7H. The van der Waals surface area contributed by atoms with Crippen LogP contribution in [0.2, 0.25) is 10.3 Å². The molecule has 0 unspecified atom stereocenters. The van der Waals surface area contributed by atoms with Crippen molar-refractivity contribution in [2.45, 2.75) is 0 Å². The molecule has 0 bridgehead atoms. The van der Waals surface area contributed by atoms with E-state index < -0.39 is 11.6 Å². The number of benzene rings is 2. The van der Waals surface area contributed by atoms with Gasteiger partial charge in [0.15, 0.2) is 5.82 Å². The molecule has 0 N–H and O–H groups in total. The molecule has 0 saturated heterocycles. The van der Waals surface area contributed by atoms with Crippen molar-refractivity contribution in [1.29, 1.82) is 0 Å². The van der Waals surface area contributed by atoms with E-state index in [0.29, 0.717) is 10.7 Å². The normalized spacial score (nSPS) is 10.9. The average Bonchev–Trinajstić information content (AvgIpc) is 2.81. The van der Waals surface area contributed by atoms with Crippen molar-refractivity contribution >= 4 is 23.2 Å². The van der Waals surface area contributed by atoms with Gasteiger partial charge in [-0.25, -0.2) is 13.5 Å². The SMILES string of the molecule is Fc1cccc(F)c1-c1nc(Cl)n(-c2ccccc2Cl)n1. The molecule has 0 aliphatic heterocycles. The molecule has 1 aromatic heterocycles. The van der Waals surface area contributed by atoms with Gasteiger partial charge in [0, 0.05) is 0 Å². The molecule has 0 aliphatic carbocycles. The van der Waals surface area contributed by atoms with Crippen molar-refractivity contribution in [2.75, 3.05) is 0 Å². The number of halogens is 4. The van der Waals surface area contributed by atoms with E-state index in [1.54, 1.807) is 24.3 Å². The van der Waals surface area contributed by atoms with Gasteiger partial charge in [-0.2, -0.15) is 4.98 Å². The average molecular weight is 326 g/mol. The lowest BCUT2D eigenvalue weighted by atomic mass is 10.2. The lowest BCUT2D eigenvalue weighted by Gasteiger charge is -2.03. The van der Waals surface area contributed by atoms with Gasteiger partial charge in [-0.1, -0.05) is 29.8 Å². The van der Waals surface area contributed by atoms with Crippen LogP contribution in [0.4, 0.5) is 8.78 Å². The van der Waals surface area contributed by atoms with Gasteiger partial charge in [0.1, 0.15) is 11.6 Å². The van der Waals surface area contributed by atoms with Crippen LogP contribution in [0.25, 0.3) is 17.1 Å². The highest BCUT2D eigenvalue weighted by Crippen LogP contribution is 2.27. The molecule has 0 spiro atoms. The minimum Gasteiger partial charge on any atom is -0.206 e. The van der Waals surface area contributed by atoms with Crippen molar-refractivity contribution in [2.24, 2.45) is 0 Å². The second-order valence-electron chi connectivity index (χ2n) is 4.16. The van der Waals surface area contributed by atoms with Crippen LogP contribution in [0.3, 0.4) is 0 Å². The van der Waals surface area contributed by atoms with Crippen LogP contribution >= 0.6 is 23.2 Å². The Kier molecular flexibility index (Phi) is 3.61. The zero-order chi connectivity index (χ0) is 15.0. The highest BCUT2D eigenvalue weighted by atomic mass is 35.5. The number of hydrogen-bond donors (Lipinski definition) is 0. The van der Waals surface area contributed by atoms with Gasteiger partial charge >= 0.3 is 0 Å². The molecule has 2 aromatic carbocycles. The number of rotatable bonds is 2. The van der Waals surface area contributed by atoms with E-state index in [-0.39, 0.29) is 16.7 Å². The molecule has 106 valence electrons. The Balaban J connectivity index is 2.17. The third kappa shape index (κ3) is 2.50. The topological polar surface area (TPSA) is 30.7 Å². The smallest absolute Gasteiger partial charge is 0.206 e. The van der Waals surface area contributed by atoms with Gasteiger partial charge < -0.3 is 0 Å². The second kappa shape index (κ2) is 5.42. The summed E-state index contributed by atoms with van der Waals surface area (Å²) < 4.78 is 28.7. The largest absolute Gasteiger partial charge is 0.226 e. The first-order valence-electron chi connectivity index (χ1n) is 5.90. The van der Waals surface area contributed by atoms with Crippen molar-refractivity contribution in [3.05, 3.63) is 64.4 Å². The first-order chi connectivity index (χ1) is 10.1. The van der Waals surface area contributed by atoms with Crippen LogP contribution in [0, 0.1) is 11.6 Å². The fraction of sp³-hybridized carbons (Fsp3) is 0. The predicted octanol–water partition coefficient (Wildman–Crippen LogP) is 4.52. The number of hydrogen-bond acceptors (Lipinski definition) is 2. The van der Waals surface area contributed by atoms with Crippen LogP contribution in [0.15, 0.2) is 42.5 Å². The van der Waals surface area contributed by atoms with Crippen molar-refractivity contribution in [3.8, 4) is 17.1 Å². The molecule has 0 amide bonds. The molecule has 0 saturated carbocycles. The predicted molar refractivity (Wildman–Crippen MR) is 76.7 cm³/mol. The Hall–Kier alpha value is -1.98. The van der Waals surface area contributed by atoms with E-state index in [4.69, 9.17) is 23.2 Å². The Morgan fingerprint density at radius 2 is 1.57 bits per heavy atom. The van der Waals surface area contributed by atoms with Crippen LogP contribution in [-0.4, -0.2) is 14.8 Å². The summed E-state index contributed by atoms with van der Waals surface area (Å²) in [6.07, 6.45) is 0. The first-order valence-corrected chi connectivity index (χ1v) is 6.65. The zero-order valence-corrected chi connectivity index (χ0v) is 11.9. The maximum atomic E-state index is 13.8. The number of para-hydroxylation sites is 1. The fourth-order valence-electron chi connectivity index (χ4n) is 1.89. The fourth-order valence-corrected chi connectivity index (χ4v) is 2.31. The summed E-state index contributed by atoms with van der Waals surface area (Å²) in [6.45, 7) is 0. The number of nitrogens with zero attached hydrogens (tertiary/aromatic N) is 3. The summed E-state index contributed by atoms with van der Waals surface area (Å²) in [5, 5.41) is 4.39. The van der Waals surface area contributed by atoms with Crippen molar-refractivity contribution < 1.29 is 8.78 Å². The molecule has 0 radical (unpaired) electrons. The summed E-state index contributed by atoms with van der Waals surface area (Å²) in [5.41, 5.74) is 0.143. The van der Waals surface area contributed by atoms with E-state index in [2.05, 4.69) is 10.1 Å². The third-order valence-electron chi connectivity index (χ3n) is 2.83. The van der Waals surface area contributed by atoms with Gasteiger partial charge in [0.25, 0.3) is 0 Å². The maximum absolute atomic E-state index is 13.8. The lowest BCUT2D eigenvalue weighted by Crippen LogP contribution is -1.98. The number of aromatic nitrogens is 3. The van der Waals surface area contributed by atoms with Gasteiger partial charge in [-0.3, -0.25) is 0 Å². The summed E-state index contributed by atoms with van der Waals surface area (Å²) in [7, 11) is 0. The molecule has 7 heteroatoms. The Bertz CT molecular complexity index is 797. The molecule has 3 nitrogen and oxygen atoms in total. The minimum atomic E-state index is -0.761. The van der Waals surface area contributed by atoms with Crippen LogP contribution < -0.4 is 0 Å². The summed E-state index contributed by atoms with van der Waals surface area (Å²) in [6, 6.07) is 10.3. The van der Waals surface area contributed by atoms with Gasteiger partial charge in [-0.05, 0) is 35.9 Å². The third-order valence-corrected chi connectivity index (χ3v) is 3.40. The van der Waals surface area contributed by atoms with Crippen LogP contribution in [0.1, 0.15) is 0 Å². The molecule has 0 atom stereocenters. The van der Waals surface area contributed by atoms with Crippen molar-refractivity contribution in [1.82, 2.24) is 14.8 Å². The van der Waals surface area contributed by atoms with Crippen LogP contribution in [0.5, 0.6) is 0 Å². The Morgan fingerprint density at radius 1 is 0.905 bits per heavy atom. The highest BCUT2D eigenvalue weighted by molar-refractivity contribution is 6.33. The quantitative estimate of drug-likeness (QED) is 0.693. The molecule has 3 aromatic rings. The summed E-state index contributed by atoms with van der Waals surface area (Å²) in [4.78, 5) is 3.90. The molecular formula is C14H7Cl2F2N3. The van der Waals surface area contributed by atoms with E-state index in [1.807, 2.05) is 0 Å². The Labute approximate surface area is 128 Å². The Morgan fingerprint density at radius 3 is 2.24 bits per heavy atom. The van der Waals surface area contributed by atoms with Gasteiger partial charge in [0.2, 0.25) is 5.28 Å². The molecule has 1 heterocycles. The zero-order valence-electron chi connectivity index (χ0n) is 10.4. The molecule has 21 heavy (non-hydrogen) atoms. The first kappa shape index (κ1) is 14.0. The molecule has 3 rings (SSSR count). The highest BCUT2D eigenvalue weighted by Gasteiger charge is 2.19. The molecular weight excluding hydrogens is 319 g/mol. The molecule has 0 aliphatic rings. The van der Waals surface area contributed by atoms with Gasteiger partial charge in [-0.15, -0.1) is 5.10 Å². The summed E-state index contributed by atoms with van der Waals surface area (Å²) >= 11 is 12.0. The van der Waals surface area contributed by atoms with E-state index in [1.165, 1.54) is 10.7 Å². The summed E-state index contributed by atoms with van der Waals surface area (Å²) in [5.74, 6) is -1.67. The van der Waals surface area contributed by atoms with Gasteiger partial charge in [0.05, 0.1) is 16.3 Å². The van der Waals surface area contributed by atoms with E-state index in [9.17, 15) is 8.78 Å². The lowest BCUT2D eigenvalue weighted by molar-refractivity contribution is 0.587. The van der Waals surface area contributed by atoms with E-state index >= 15 is 0 Å². The molecule has 0 fully saturated rings. The monoisotopic (exact) mass is 325 g/mol.